The van der Waals surface area contributed by atoms with Gasteiger partial charge in [-0.3, -0.25) is 4.79 Å². The SMILES string of the molecule is COc1ccc(C(=O)Nc2ccccc2)cc1N(S)C(=O)Nc1ccc(Cl)c(Cl)c1. The number of benzene rings is 3. The third-order valence-corrected chi connectivity index (χ3v) is 5.20. The maximum atomic E-state index is 12.7. The van der Waals surface area contributed by atoms with E-state index in [0.717, 1.165) is 4.31 Å². The molecule has 0 saturated heterocycles. The maximum Gasteiger partial charge on any atom is 0.336 e. The van der Waals surface area contributed by atoms with E-state index in [9.17, 15) is 9.59 Å². The average Bonchev–Trinajstić information content (AvgIpc) is 2.76. The third-order valence-electron chi connectivity index (χ3n) is 4.06. The number of carbonyl (C=O) groups is 2. The van der Waals surface area contributed by atoms with E-state index in [-0.39, 0.29) is 5.91 Å². The minimum Gasteiger partial charge on any atom is -0.495 e. The monoisotopic (exact) mass is 461 g/mol. The molecule has 0 bridgehead atoms. The van der Waals surface area contributed by atoms with Crippen LogP contribution in [0.15, 0.2) is 66.7 Å². The highest BCUT2D eigenvalue weighted by atomic mass is 35.5. The number of hydrogen-bond donors (Lipinski definition) is 3. The molecule has 0 aromatic heterocycles. The second-order valence-electron chi connectivity index (χ2n) is 6.08. The van der Waals surface area contributed by atoms with Crippen molar-refractivity contribution in [3.63, 3.8) is 0 Å². The summed E-state index contributed by atoms with van der Waals surface area (Å²) in [5, 5.41) is 6.13. The van der Waals surface area contributed by atoms with Crippen molar-refractivity contribution in [2.45, 2.75) is 0 Å². The normalized spacial score (nSPS) is 10.3. The topological polar surface area (TPSA) is 70.7 Å². The van der Waals surface area contributed by atoms with Crippen LogP contribution in [-0.2, 0) is 0 Å². The number of nitrogens with zero attached hydrogens (tertiary/aromatic N) is 1. The lowest BCUT2D eigenvalue weighted by atomic mass is 10.1. The van der Waals surface area contributed by atoms with Gasteiger partial charge >= 0.3 is 6.03 Å². The number of thiol groups is 1. The molecule has 3 amide bonds. The molecule has 0 heterocycles. The minimum absolute atomic E-state index is 0.291. The van der Waals surface area contributed by atoms with E-state index in [0.29, 0.717) is 38.4 Å². The fraction of sp³-hybridized carbons (Fsp3) is 0.0476. The standard InChI is InChI=1S/C21H17Cl2N3O3S/c1-29-19-10-7-13(20(27)24-14-5-3-2-4-6-14)11-18(19)26(30)21(28)25-15-8-9-16(22)17(23)12-15/h2-12,30H,1H3,(H,24,27)(H,25,28). The van der Waals surface area contributed by atoms with Crippen molar-refractivity contribution in [2.24, 2.45) is 0 Å². The van der Waals surface area contributed by atoms with Gasteiger partial charge in [-0.05, 0) is 48.5 Å². The molecule has 3 aromatic carbocycles. The molecule has 0 aliphatic carbocycles. The van der Waals surface area contributed by atoms with Gasteiger partial charge in [0.25, 0.3) is 5.91 Å². The molecule has 3 aromatic rings. The van der Waals surface area contributed by atoms with E-state index in [1.165, 1.54) is 19.2 Å². The molecular formula is C21H17Cl2N3O3S. The Kier molecular flexibility index (Phi) is 7.10. The van der Waals surface area contributed by atoms with Gasteiger partial charge in [0.15, 0.2) is 0 Å². The summed E-state index contributed by atoms with van der Waals surface area (Å²) in [6.07, 6.45) is 0. The molecule has 3 rings (SSSR count). The van der Waals surface area contributed by atoms with Crippen LogP contribution in [0.2, 0.25) is 10.0 Å². The Bertz CT molecular complexity index is 1080. The molecule has 0 atom stereocenters. The number of ether oxygens (including phenoxy) is 1. The smallest absolute Gasteiger partial charge is 0.336 e. The fourth-order valence-electron chi connectivity index (χ4n) is 2.58. The van der Waals surface area contributed by atoms with E-state index in [2.05, 4.69) is 23.4 Å². The van der Waals surface area contributed by atoms with Gasteiger partial charge in [0.1, 0.15) is 5.75 Å². The number of nitrogens with one attached hydrogen (secondary N) is 2. The number of para-hydroxylation sites is 1. The molecule has 0 unspecified atom stereocenters. The summed E-state index contributed by atoms with van der Waals surface area (Å²) in [7, 11) is 1.46. The fourth-order valence-corrected chi connectivity index (χ4v) is 3.09. The zero-order chi connectivity index (χ0) is 21.7. The van der Waals surface area contributed by atoms with E-state index < -0.39 is 6.03 Å². The summed E-state index contributed by atoms with van der Waals surface area (Å²) in [6.45, 7) is 0. The summed E-state index contributed by atoms with van der Waals surface area (Å²) < 4.78 is 6.36. The Balaban J connectivity index is 1.82. The largest absolute Gasteiger partial charge is 0.495 e. The highest BCUT2D eigenvalue weighted by Crippen LogP contribution is 2.32. The molecule has 0 aliphatic heterocycles. The Morgan fingerprint density at radius 3 is 2.30 bits per heavy atom. The van der Waals surface area contributed by atoms with Crippen LogP contribution in [0.1, 0.15) is 10.4 Å². The zero-order valence-electron chi connectivity index (χ0n) is 15.7. The van der Waals surface area contributed by atoms with Gasteiger partial charge in [-0.1, -0.05) is 54.2 Å². The molecule has 2 N–H and O–H groups in total. The first-order valence-corrected chi connectivity index (χ1v) is 9.84. The van der Waals surface area contributed by atoms with Crippen molar-refractivity contribution in [2.75, 3.05) is 22.0 Å². The summed E-state index contributed by atoms with van der Waals surface area (Å²) in [6, 6.07) is 17.9. The number of rotatable bonds is 5. The summed E-state index contributed by atoms with van der Waals surface area (Å²) in [5.41, 5.74) is 1.71. The first-order chi connectivity index (χ1) is 14.4. The molecule has 154 valence electrons. The molecule has 30 heavy (non-hydrogen) atoms. The van der Waals surface area contributed by atoms with Gasteiger partial charge in [0.2, 0.25) is 0 Å². The number of hydrogen-bond acceptors (Lipinski definition) is 4. The molecule has 0 fully saturated rings. The summed E-state index contributed by atoms with van der Waals surface area (Å²) in [5.74, 6) is 0.0299. The molecule has 0 spiro atoms. The van der Waals surface area contributed by atoms with Crippen molar-refractivity contribution < 1.29 is 14.3 Å². The van der Waals surface area contributed by atoms with Gasteiger partial charge in [-0.25, -0.2) is 9.10 Å². The van der Waals surface area contributed by atoms with Crippen molar-refractivity contribution >= 4 is 65.0 Å². The van der Waals surface area contributed by atoms with Gasteiger partial charge in [0.05, 0.1) is 22.8 Å². The lowest BCUT2D eigenvalue weighted by Gasteiger charge is -2.20. The van der Waals surface area contributed by atoms with E-state index in [1.54, 1.807) is 36.4 Å². The van der Waals surface area contributed by atoms with E-state index in [1.807, 2.05) is 18.2 Å². The van der Waals surface area contributed by atoms with Crippen molar-refractivity contribution in [1.82, 2.24) is 0 Å². The number of urea groups is 1. The number of halogens is 2. The third kappa shape index (κ3) is 5.18. The lowest BCUT2D eigenvalue weighted by Crippen LogP contribution is -2.27. The lowest BCUT2D eigenvalue weighted by molar-refractivity contribution is 0.102. The number of methoxy groups -OCH3 is 1. The van der Waals surface area contributed by atoms with Crippen LogP contribution in [0.25, 0.3) is 0 Å². The van der Waals surface area contributed by atoms with Crippen LogP contribution in [0.5, 0.6) is 5.75 Å². The molecule has 0 radical (unpaired) electrons. The number of carbonyl (C=O) groups excluding carboxylic acids is 2. The van der Waals surface area contributed by atoms with Crippen molar-refractivity contribution in [3.8, 4) is 5.75 Å². The molecule has 9 heteroatoms. The van der Waals surface area contributed by atoms with Gasteiger partial charge in [-0.15, -0.1) is 0 Å². The second-order valence-corrected chi connectivity index (χ2v) is 7.29. The van der Waals surface area contributed by atoms with Crippen LogP contribution in [-0.4, -0.2) is 19.0 Å². The first kappa shape index (κ1) is 21.8. The molecule has 0 aliphatic rings. The Morgan fingerprint density at radius 1 is 0.900 bits per heavy atom. The minimum atomic E-state index is -0.573. The van der Waals surface area contributed by atoms with Crippen LogP contribution in [0.3, 0.4) is 0 Å². The maximum absolute atomic E-state index is 12.7. The molecule has 6 nitrogen and oxygen atoms in total. The predicted octanol–water partition coefficient (Wildman–Crippen LogP) is 6.14. The highest BCUT2D eigenvalue weighted by molar-refractivity contribution is 7.82. The van der Waals surface area contributed by atoms with Gasteiger partial charge in [-0.2, -0.15) is 0 Å². The van der Waals surface area contributed by atoms with Crippen LogP contribution < -0.4 is 19.7 Å². The van der Waals surface area contributed by atoms with Crippen LogP contribution in [0.4, 0.5) is 21.9 Å². The van der Waals surface area contributed by atoms with Crippen molar-refractivity contribution in [1.29, 1.82) is 0 Å². The summed E-state index contributed by atoms with van der Waals surface area (Å²) in [4.78, 5) is 25.3. The predicted molar refractivity (Wildman–Crippen MR) is 124 cm³/mol. The number of amides is 3. The summed E-state index contributed by atoms with van der Waals surface area (Å²) >= 11 is 16.2. The van der Waals surface area contributed by atoms with Crippen LogP contribution in [0, 0.1) is 0 Å². The Labute approximate surface area is 189 Å². The van der Waals surface area contributed by atoms with E-state index in [4.69, 9.17) is 27.9 Å². The molecule has 0 saturated carbocycles. The van der Waals surface area contributed by atoms with E-state index >= 15 is 0 Å². The molecular weight excluding hydrogens is 445 g/mol. The Hall–Kier alpha value is -2.87. The van der Waals surface area contributed by atoms with Gasteiger partial charge < -0.3 is 15.4 Å². The second kappa shape index (κ2) is 9.75. The quantitative estimate of drug-likeness (QED) is 0.399. The Morgan fingerprint density at radius 2 is 1.63 bits per heavy atom. The van der Waals surface area contributed by atoms with Crippen molar-refractivity contribution in [3.05, 3.63) is 82.3 Å². The number of anilines is 3. The first-order valence-electron chi connectivity index (χ1n) is 8.68. The van der Waals surface area contributed by atoms with Crippen LogP contribution >= 0.6 is 36.0 Å². The highest BCUT2D eigenvalue weighted by Gasteiger charge is 2.19. The van der Waals surface area contributed by atoms with Gasteiger partial charge in [0, 0.05) is 16.9 Å². The average molecular weight is 462 g/mol. The zero-order valence-corrected chi connectivity index (χ0v) is 18.1.